The fourth-order valence-corrected chi connectivity index (χ4v) is 4.28. The van der Waals surface area contributed by atoms with Crippen LogP contribution in [-0.2, 0) is 0 Å². The molecule has 2 atom stereocenters. The second kappa shape index (κ2) is 6.86. The van der Waals surface area contributed by atoms with Gasteiger partial charge in [-0.05, 0) is 55.1 Å². The van der Waals surface area contributed by atoms with Crippen molar-refractivity contribution in [2.24, 2.45) is 5.92 Å². The van der Waals surface area contributed by atoms with Crippen molar-refractivity contribution in [2.45, 2.75) is 43.4 Å². The summed E-state index contributed by atoms with van der Waals surface area (Å²) in [4.78, 5) is 0. The van der Waals surface area contributed by atoms with Crippen LogP contribution in [0.5, 0.6) is 5.75 Å². The molecule has 0 aromatic heterocycles. The molecule has 20 heavy (non-hydrogen) atoms. The van der Waals surface area contributed by atoms with Crippen LogP contribution in [0, 0.1) is 5.92 Å². The minimum Gasteiger partial charge on any atom is -0.497 e. The molecule has 2 aliphatic rings. The Kier molecular flexibility index (Phi) is 4.90. The maximum atomic E-state index is 5.26. The van der Waals surface area contributed by atoms with Crippen LogP contribution in [0.15, 0.2) is 24.3 Å². The van der Waals surface area contributed by atoms with Crippen molar-refractivity contribution in [3.8, 4) is 5.75 Å². The molecular weight excluding hydrogens is 266 g/mol. The first kappa shape index (κ1) is 14.3. The van der Waals surface area contributed by atoms with E-state index < -0.39 is 0 Å². The Bertz CT molecular complexity index is 410. The minimum absolute atomic E-state index is 0.545. The summed E-state index contributed by atoms with van der Waals surface area (Å²) in [5, 5.41) is 4.67. The van der Waals surface area contributed by atoms with Crippen LogP contribution in [0.3, 0.4) is 0 Å². The van der Waals surface area contributed by atoms with Gasteiger partial charge in [0.25, 0.3) is 0 Å². The molecule has 0 bridgehead atoms. The molecule has 1 heterocycles. The third kappa shape index (κ3) is 3.70. The van der Waals surface area contributed by atoms with Gasteiger partial charge in [0.2, 0.25) is 0 Å². The highest BCUT2D eigenvalue weighted by Crippen LogP contribution is 2.41. The maximum Gasteiger partial charge on any atom is 0.118 e. The lowest BCUT2D eigenvalue weighted by atomic mass is 10.0. The van der Waals surface area contributed by atoms with E-state index in [1.807, 2.05) is 0 Å². The molecule has 1 saturated carbocycles. The van der Waals surface area contributed by atoms with Crippen LogP contribution in [0.4, 0.5) is 0 Å². The van der Waals surface area contributed by atoms with E-state index in [1.54, 1.807) is 7.11 Å². The minimum atomic E-state index is 0.545. The predicted molar refractivity (Wildman–Crippen MR) is 86.6 cm³/mol. The summed E-state index contributed by atoms with van der Waals surface area (Å²) >= 11 is 2.16. The average molecular weight is 291 g/mol. The number of benzene rings is 1. The monoisotopic (exact) mass is 291 g/mol. The number of hydrogen-bond acceptors (Lipinski definition) is 3. The van der Waals surface area contributed by atoms with Crippen molar-refractivity contribution in [3.05, 3.63) is 29.8 Å². The molecule has 2 unspecified atom stereocenters. The SMILES string of the molecule is COc1ccc(C(NCC2CCCCS2)C2CC2)cc1. The quantitative estimate of drug-likeness (QED) is 0.855. The van der Waals surface area contributed by atoms with Crippen LogP contribution < -0.4 is 10.1 Å². The molecule has 1 saturated heterocycles. The number of nitrogens with one attached hydrogen (secondary N) is 1. The fourth-order valence-electron chi connectivity index (χ4n) is 3.02. The number of thioether (sulfide) groups is 1. The van der Waals surface area contributed by atoms with E-state index in [1.165, 1.54) is 43.4 Å². The highest BCUT2D eigenvalue weighted by atomic mass is 32.2. The molecule has 1 aromatic rings. The lowest BCUT2D eigenvalue weighted by Gasteiger charge is -2.25. The summed E-state index contributed by atoms with van der Waals surface area (Å²) < 4.78 is 5.26. The second-order valence-electron chi connectivity index (χ2n) is 5.99. The van der Waals surface area contributed by atoms with Gasteiger partial charge in [0.1, 0.15) is 5.75 Å². The molecule has 1 aliphatic carbocycles. The Balaban J connectivity index is 1.59. The molecule has 0 amide bonds. The molecule has 2 nitrogen and oxygen atoms in total. The molecule has 3 rings (SSSR count). The van der Waals surface area contributed by atoms with Crippen LogP contribution in [0.25, 0.3) is 0 Å². The van der Waals surface area contributed by atoms with E-state index in [0.29, 0.717) is 6.04 Å². The molecule has 0 radical (unpaired) electrons. The summed E-state index contributed by atoms with van der Waals surface area (Å²) in [5.74, 6) is 3.14. The van der Waals surface area contributed by atoms with Gasteiger partial charge >= 0.3 is 0 Å². The third-order valence-electron chi connectivity index (χ3n) is 4.41. The van der Waals surface area contributed by atoms with Crippen molar-refractivity contribution >= 4 is 11.8 Å². The normalized spacial score (nSPS) is 24.4. The van der Waals surface area contributed by atoms with Gasteiger partial charge in [-0.3, -0.25) is 0 Å². The van der Waals surface area contributed by atoms with Crippen LogP contribution in [0.1, 0.15) is 43.7 Å². The number of methoxy groups -OCH3 is 1. The summed E-state index contributed by atoms with van der Waals surface area (Å²) in [6.07, 6.45) is 6.96. The Morgan fingerprint density at radius 3 is 2.60 bits per heavy atom. The molecular formula is C17H25NOS. The van der Waals surface area contributed by atoms with Crippen molar-refractivity contribution in [1.29, 1.82) is 0 Å². The first-order valence-corrected chi connectivity index (χ1v) is 8.90. The average Bonchev–Trinajstić information content (AvgIpc) is 3.34. The molecule has 1 N–H and O–H groups in total. The first-order chi connectivity index (χ1) is 9.86. The smallest absolute Gasteiger partial charge is 0.118 e. The van der Waals surface area contributed by atoms with Crippen molar-refractivity contribution in [1.82, 2.24) is 5.32 Å². The highest BCUT2D eigenvalue weighted by molar-refractivity contribution is 7.99. The molecule has 1 aliphatic heterocycles. The molecule has 2 fully saturated rings. The van der Waals surface area contributed by atoms with Crippen molar-refractivity contribution < 1.29 is 4.74 Å². The zero-order valence-corrected chi connectivity index (χ0v) is 13.1. The van der Waals surface area contributed by atoms with Gasteiger partial charge in [-0.1, -0.05) is 18.6 Å². The highest BCUT2D eigenvalue weighted by Gasteiger charge is 2.32. The topological polar surface area (TPSA) is 21.3 Å². The van der Waals surface area contributed by atoms with E-state index in [4.69, 9.17) is 4.74 Å². The summed E-state index contributed by atoms with van der Waals surface area (Å²) in [6, 6.07) is 9.17. The van der Waals surface area contributed by atoms with Crippen molar-refractivity contribution in [3.63, 3.8) is 0 Å². The second-order valence-corrected chi connectivity index (χ2v) is 7.39. The first-order valence-electron chi connectivity index (χ1n) is 7.86. The number of ether oxygens (including phenoxy) is 1. The largest absolute Gasteiger partial charge is 0.497 e. The Labute approximate surface area is 126 Å². The van der Waals surface area contributed by atoms with Gasteiger partial charge in [0.15, 0.2) is 0 Å². The Hall–Kier alpha value is -0.670. The van der Waals surface area contributed by atoms with Crippen LogP contribution in [-0.4, -0.2) is 24.7 Å². The van der Waals surface area contributed by atoms with Gasteiger partial charge < -0.3 is 10.1 Å². The van der Waals surface area contributed by atoms with Gasteiger partial charge in [-0.15, -0.1) is 0 Å². The maximum absolute atomic E-state index is 5.26. The predicted octanol–water partition coefficient (Wildman–Crippen LogP) is 4.02. The van der Waals surface area contributed by atoms with E-state index in [0.717, 1.165) is 23.5 Å². The summed E-state index contributed by atoms with van der Waals surface area (Å²) in [5.41, 5.74) is 1.43. The molecule has 110 valence electrons. The number of hydrogen-bond donors (Lipinski definition) is 1. The third-order valence-corrected chi connectivity index (χ3v) is 5.81. The van der Waals surface area contributed by atoms with E-state index in [2.05, 4.69) is 41.3 Å². The van der Waals surface area contributed by atoms with E-state index >= 15 is 0 Å². The van der Waals surface area contributed by atoms with Crippen LogP contribution >= 0.6 is 11.8 Å². The van der Waals surface area contributed by atoms with Gasteiger partial charge in [-0.2, -0.15) is 11.8 Å². The lowest BCUT2D eigenvalue weighted by molar-refractivity contribution is 0.413. The Morgan fingerprint density at radius 2 is 2.00 bits per heavy atom. The van der Waals surface area contributed by atoms with Gasteiger partial charge in [-0.25, -0.2) is 0 Å². The summed E-state index contributed by atoms with van der Waals surface area (Å²) in [6.45, 7) is 1.16. The number of rotatable bonds is 6. The standard InChI is InChI=1S/C17H25NOS/c1-19-15-9-7-14(8-10-15)17(13-5-6-13)18-12-16-4-2-3-11-20-16/h7-10,13,16-18H,2-6,11-12H2,1H3. The molecule has 1 aromatic carbocycles. The van der Waals surface area contributed by atoms with Crippen LogP contribution in [0.2, 0.25) is 0 Å². The summed E-state index contributed by atoms with van der Waals surface area (Å²) in [7, 11) is 1.73. The molecule has 0 spiro atoms. The zero-order chi connectivity index (χ0) is 13.8. The van der Waals surface area contributed by atoms with Gasteiger partial charge in [0, 0.05) is 17.8 Å². The molecule has 3 heteroatoms. The van der Waals surface area contributed by atoms with E-state index in [-0.39, 0.29) is 0 Å². The Morgan fingerprint density at radius 1 is 1.20 bits per heavy atom. The van der Waals surface area contributed by atoms with Crippen molar-refractivity contribution in [2.75, 3.05) is 19.4 Å². The van der Waals surface area contributed by atoms with E-state index in [9.17, 15) is 0 Å². The lowest BCUT2D eigenvalue weighted by Crippen LogP contribution is -2.31. The van der Waals surface area contributed by atoms with Gasteiger partial charge in [0.05, 0.1) is 7.11 Å². The fraction of sp³-hybridized carbons (Fsp3) is 0.647. The zero-order valence-electron chi connectivity index (χ0n) is 12.3.